The Morgan fingerprint density at radius 3 is 2.23 bits per heavy atom. The molecule has 1 aliphatic carbocycles. The number of fused-ring (bicyclic) bond motifs is 1. The molecule has 26 heavy (non-hydrogen) atoms. The number of benzene rings is 2. The predicted molar refractivity (Wildman–Crippen MR) is 102 cm³/mol. The maximum atomic E-state index is 12.9. The van der Waals surface area contributed by atoms with E-state index in [0.29, 0.717) is 11.3 Å². The van der Waals surface area contributed by atoms with Gasteiger partial charge in [0.15, 0.2) is 0 Å². The van der Waals surface area contributed by atoms with E-state index in [1.165, 1.54) is 75.5 Å². The summed E-state index contributed by atoms with van der Waals surface area (Å²) in [6, 6.07) is 10.1. The molecule has 0 unspecified atom stereocenters. The van der Waals surface area contributed by atoms with E-state index in [1.807, 2.05) is 12.1 Å². The molecule has 3 rings (SSSR count). The number of halogens is 3. The van der Waals surface area contributed by atoms with Crippen molar-refractivity contribution in [3.05, 3.63) is 47.5 Å². The van der Waals surface area contributed by atoms with Crippen LogP contribution in [-0.4, -0.2) is 0 Å². The first-order valence-corrected chi connectivity index (χ1v) is 10.1. The molecule has 1 aliphatic rings. The third-order valence-electron chi connectivity index (χ3n) is 5.98. The fourth-order valence-electron chi connectivity index (χ4n) is 4.34. The summed E-state index contributed by atoms with van der Waals surface area (Å²) in [5, 5.41) is 1.59. The van der Waals surface area contributed by atoms with Gasteiger partial charge < -0.3 is 0 Å². The Bertz CT molecular complexity index is 709. The van der Waals surface area contributed by atoms with Crippen molar-refractivity contribution in [2.45, 2.75) is 76.8 Å². The van der Waals surface area contributed by atoms with E-state index >= 15 is 0 Å². The van der Waals surface area contributed by atoms with Crippen LogP contribution in [0, 0.1) is 5.92 Å². The summed E-state index contributed by atoms with van der Waals surface area (Å²) in [6.45, 7) is 2.25. The van der Waals surface area contributed by atoms with Gasteiger partial charge in [0.2, 0.25) is 0 Å². The van der Waals surface area contributed by atoms with Crippen molar-refractivity contribution in [2.75, 3.05) is 0 Å². The van der Waals surface area contributed by atoms with Crippen LogP contribution in [0.5, 0.6) is 0 Å². The summed E-state index contributed by atoms with van der Waals surface area (Å²) in [7, 11) is 0. The van der Waals surface area contributed by atoms with E-state index in [1.54, 1.807) is 6.07 Å². The summed E-state index contributed by atoms with van der Waals surface area (Å²) in [5.74, 6) is 1.44. The minimum Gasteiger partial charge on any atom is -0.166 e. The number of rotatable bonds is 6. The van der Waals surface area contributed by atoms with Crippen molar-refractivity contribution < 1.29 is 13.2 Å². The van der Waals surface area contributed by atoms with E-state index in [4.69, 9.17) is 0 Å². The molecule has 1 saturated carbocycles. The lowest BCUT2D eigenvalue weighted by Crippen LogP contribution is -2.13. The predicted octanol–water partition coefficient (Wildman–Crippen LogP) is 8.10. The van der Waals surface area contributed by atoms with Crippen molar-refractivity contribution in [3.8, 4) is 0 Å². The number of alkyl halides is 3. The average Bonchev–Trinajstić information content (AvgIpc) is 2.64. The van der Waals surface area contributed by atoms with Gasteiger partial charge >= 0.3 is 6.18 Å². The summed E-state index contributed by atoms with van der Waals surface area (Å²) >= 11 is 0. The third kappa shape index (κ3) is 4.81. The van der Waals surface area contributed by atoms with Crippen molar-refractivity contribution in [2.24, 2.45) is 5.92 Å². The molecule has 0 aromatic heterocycles. The zero-order valence-corrected chi connectivity index (χ0v) is 15.6. The molecule has 0 N–H and O–H groups in total. The molecule has 3 heteroatoms. The second-order valence-electron chi connectivity index (χ2n) is 7.89. The molecule has 0 nitrogen and oxygen atoms in total. The first kappa shape index (κ1) is 19.3. The van der Waals surface area contributed by atoms with Gasteiger partial charge in [-0.3, -0.25) is 0 Å². The topological polar surface area (TPSA) is 0 Å². The molecule has 0 heterocycles. The highest BCUT2D eigenvalue weighted by molar-refractivity contribution is 5.84. The van der Waals surface area contributed by atoms with Gasteiger partial charge in [0.1, 0.15) is 0 Å². The van der Waals surface area contributed by atoms with Crippen LogP contribution in [0.25, 0.3) is 10.8 Å². The second kappa shape index (κ2) is 8.45. The molecule has 0 atom stereocenters. The third-order valence-corrected chi connectivity index (χ3v) is 5.98. The first-order valence-electron chi connectivity index (χ1n) is 10.1. The van der Waals surface area contributed by atoms with Gasteiger partial charge in [-0.25, -0.2) is 0 Å². The molecule has 0 saturated heterocycles. The standard InChI is InChI=1S/C23H29F3/c1-2-3-4-5-6-17-7-9-18(10-8-17)19-11-12-21-16-22(23(24,25)26)14-13-20(21)15-19/h11-18H,2-10H2,1H3. The maximum absolute atomic E-state index is 12.9. The minimum absolute atomic E-state index is 0.564. The maximum Gasteiger partial charge on any atom is 0.416 e. The Hall–Kier alpha value is -1.51. The Morgan fingerprint density at radius 1 is 0.846 bits per heavy atom. The van der Waals surface area contributed by atoms with Crippen LogP contribution in [0.15, 0.2) is 36.4 Å². The van der Waals surface area contributed by atoms with Crippen LogP contribution in [0.4, 0.5) is 13.2 Å². The van der Waals surface area contributed by atoms with Crippen molar-refractivity contribution >= 4 is 10.8 Å². The van der Waals surface area contributed by atoms with Crippen molar-refractivity contribution in [3.63, 3.8) is 0 Å². The lowest BCUT2D eigenvalue weighted by atomic mass is 9.76. The fraction of sp³-hybridized carbons (Fsp3) is 0.565. The summed E-state index contributed by atoms with van der Waals surface area (Å²) in [6.07, 6.45) is 7.47. The minimum atomic E-state index is -4.28. The van der Waals surface area contributed by atoms with Gasteiger partial charge in [-0.05, 0) is 66.0 Å². The average molecular weight is 362 g/mol. The second-order valence-corrected chi connectivity index (χ2v) is 7.89. The Morgan fingerprint density at radius 2 is 1.54 bits per heavy atom. The Balaban J connectivity index is 1.61. The molecular formula is C23H29F3. The molecule has 142 valence electrons. The molecule has 0 bridgehead atoms. The molecule has 1 fully saturated rings. The molecule has 0 spiro atoms. The molecule has 2 aromatic carbocycles. The largest absolute Gasteiger partial charge is 0.416 e. The van der Waals surface area contributed by atoms with Crippen LogP contribution in [0.3, 0.4) is 0 Å². The van der Waals surface area contributed by atoms with Crippen LogP contribution in [0.1, 0.15) is 81.8 Å². The summed E-state index contributed by atoms with van der Waals surface area (Å²) in [4.78, 5) is 0. The summed E-state index contributed by atoms with van der Waals surface area (Å²) < 4.78 is 38.6. The molecule has 2 aromatic rings. The van der Waals surface area contributed by atoms with Gasteiger partial charge in [0, 0.05) is 0 Å². The van der Waals surface area contributed by atoms with E-state index in [2.05, 4.69) is 13.0 Å². The Labute approximate surface area is 154 Å². The van der Waals surface area contributed by atoms with Gasteiger partial charge in [-0.1, -0.05) is 63.3 Å². The van der Waals surface area contributed by atoms with E-state index in [-0.39, 0.29) is 0 Å². The van der Waals surface area contributed by atoms with E-state index in [9.17, 15) is 13.2 Å². The molecule has 0 amide bonds. The van der Waals surface area contributed by atoms with Crippen LogP contribution in [-0.2, 0) is 6.18 Å². The highest BCUT2D eigenvalue weighted by Crippen LogP contribution is 2.39. The summed E-state index contributed by atoms with van der Waals surface area (Å²) in [5.41, 5.74) is 0.725. The van der Waals surface area contributed by atoms with Gasteiger partial charge in [0.05, 0.1) is 5.56 Å². The van der Waals surface area contributed by atoms with Crippen LogP contribution in [0.2, 0.25) is 0 Å². The van der Waals surface area contributed by atoms with E-state index in [0.717, 1.165) is 11.3 Å². The molecular weight excluding hydrogens is 333 g/mol. The molecule has 0 radical (unpaired) electrons. The van der Waals surface area contributed by atoms with E-state index < -0.39 is 11.7 Å². The lowest BCUT2D eigenvalue weighted by molar-refractivity contribution is -0.137. The quantitative estimate of drug-likeness (QED) is 0.455. The van der Waals surface area contributed by atoms with Crippen LogP contribution < -0.4 is 0 Å². The van der Waals surface area contributed by atoms with Crippen LogP contribution >= 0.6 is 0 Å². The van der Waals surface area contributed by atoms with Gasteiger partial charge in [-0.2, -0.15) is 13.2 Å². The first-order chi connectivity index (χ1) is 12.5. The highest BCUT2D eigenvalue weighted by atomic mass is 19.4. The van der Waals surface area contributed by atoms with Gasteiger partial charge in [-0.15, -0.1) is 0 Å². The Kier molecular flexibility index (Phi) is 6.26. The zero-order chi connectivity index (χ0) is 18.6. The number of hydrogen-bond donors (Lipinski definition) is 0. The number of hydrogen-bond acceptors (Lipinski definition) is 0. The molecule has 0 aliphatic heterocycles. The fourth-order valence-corrected chi connectivity index (χ4v) is 4.34. The number of unbranched alkanes of at least 4 members (excludes halogenated alkanes) is 3. The highest BCUT2D eigenvalue weighted by Gasteiger charge is 2.30. The normalized spacial score (nSPS) is 21.2. The van der Waals surface area contributed by atoms with Gasteiger partial charge in [0.25, 0.3) is 0 Å². The van der Waals surface area contributed by atoms with Crippen molar-refractivity contribution in [1.82, 2.24) is 0 Å². The monoisotopic (exact) mass is 362 g/mol. The zero-order valence-electron chi connectivity index (χ0n) is 15.6. The SMILES string of the molecule is CCCCCCC1CCC(c2ccc3cc(C(F)(F)F)ccc3c2)CC1. The lowest BCUT2D eigenvalue weighted by Gasteiger charge is -2.29. The smallest absolute Gasteiger partial charge is 0.166 e. The van der Waals surface area contributed by atoms with Crippen molar-refractivity contribution in [1.29, 1.82) is 0 Å².